The molecule has 0 spiro atoms. The van der Waals surface area contributed by atoms with Crippen LogP contribution in [0.15, 0.2) is 4.99 Å². The fourth-order valence-electron chi connectivity index (χ4n) is 3.77. The molecule has 0 amide bonds. The van der Waals surface area contributed by atoms with Gasteiger partial charge in [0.1, 0.15) is 0 Å². The molecule has 1 aliphatic carbocycles. The normalized spacial score (nSPS) is 25.0. The van der Waals surface area contributed by atoms with Crippen molar-refractivity contribution in [3.63, 3.8) is 0 Å². The van der Waals surface area contributed by atoms with Gasteiger partial charge in [-0.05, 0) is 57.5 Å². The molecule has 130 valence electrons. The van der Waals surface area contributed by atoms with Crippen molar-refractivity contribution in [2.24, 2.45) is 16.3 Å². The summed E-state index contributed by atoms with van der Waals surface area (Å²) in [6.07, 6.45) is 8.08. The van der Waals surface area contributed by atoms with Crippen molar-refractivity contribution in [1.29, 1.82) is 0 Å². The number of guanidine groups is 1. The molecule has 0 aromatic rings. The lowest BCUT2D eigenvalue weighted by Crippen LogP contribution is -2.41. The third kappa shape index (κ3) is 5.87. The van der Waals surface area contributed by atoms with Crippen LogP contribution >= 0.6 is 24.0 Å². The van der Waals surface area contributed by atoms with Gasteiger partial charge in [-0.1, -0.05) is 19.8 Å². The molecule has 5 heteroatoms. The molecular weight excluding hydrogens is 387 g/mol. The fourth-order valence-corrected chi connectivity index (χ4v) is 3.77. The zero-order valence-corrected chi connectivity index (χ0v) is 17.0. The lowest BCUT2D eigenvalue weighted by Gasteiger charge is -2.26. The molecule has 1 saturated carbocycles. The largest absolute Gasteiger partial charge is 0.357 e. The predicted molar refractivity (Wildman–Crippen MR) is 106 cm³/mol. The van der Waals surface area contributed by atoms with Crippen molar-refractivity contribution in [3.05, 3.63) is 0 Å². The standard InChI is InChI=1S/C17H34N4.HI/c1-4-17(9-6-7-10-17)14-20-16(18-5-2)19-12-15-8-11-21(3)13-15;/h15H,4-14H2,1-3H3,(H2,18,19,20);1H. The van der Waals surface area contributed by atoms with E-state index in [1.54, 1.807) is 0 Å². The lowest BCUT2D eigenvalue weighted by molar-refractivity contribution is 0.297. The molecule has 0 radical (unpaired) electrons. The second-order valence-corrected chi connectivity index (χ2v) is 7.05. The summed E-state index contributed by atoms with van der Waals surface area (Å²) >= 11 is 0. The minimum atomic E-state index is 0. The Balaban J connectivity index is 0.00000242. The first-order chi connectivity index (χ1) is 10.2. The Bertz CT molecular complexity index is 340. The monoisotopic (exact) mass is 422 g/mol. The molecule has 1 atom stereocenters. The maximum atomic E-state index is 4.90. The van der Waals surface area contributed by atoms with Gasteiger partial charge in [-0.15, -0.1) is 24.0 Å². The third-order valence-electron chi connectivity index (χ3n) is 5.38. The summed E-state index contributed by atoms with van der Waals surface area (Å²) in [7, 11) is 2.21. The molecule has 2 N–H and O–H groups in total. The SMILES string of the molecule is CCNC(=NCC1(CC)CCCC1)NCC1CCN(C)C1.I. The van der Waals surface area contributed by atoms with E-state index in [4.69, 9.17) is 4.99 Å². The summed E-state index contributed by atoms with van der Waals surface area (Å²) in [5.74, 6) is 1.79. The van der Waals surface area contributed by atoms with Gasteiger partial charge in [0.05, 0.1) is 0 Å². The first kappa shape index (κ1) is 20.0. The molecule has 22 heavy (non-hydrogen) atoms. The van der Waals surface area contributed by atoms with Crippen LogP contribution in [0.4, 0.5) is 0 Å². The average molecular weight is 422 g/mol. The van der Waals surface area contributed by atoms with Gasteiger partial charge in [-0.2, -0.15) is 0 Å². The van der Waals surface area contributed by atoms with E-state index in [1.807, 2.05) is 0 Å². The first-order valence-corrected chi connectivity index (χ1v) is 8.88. The summed E-state index contributed by atoms with van der Waals surface area (Å²) in [6.45, 7) is 9.90. The summed E-state index contributed by atoms with van der Waals surface area (Å²) in [6, 6.07) is 0. The van der Waals surface area contributed by atoms with Crippen LogP contribution in [0.1, 0.15) is 52.4 Å². The van der Waals surface area contributed by atoms with Gasteiger partial charge in [0.25, 0.3) is 0 Å². The van der Waals surface area contributed by atoms with E-state index in [2.05, 4.69) is 36.4 Å². The van der Waals surface area contributed by atoms with E-state index in [0.717, 1.165) is 31.5 Å². The van der Waals surface area contributed by atoms with Crippen molar-refractivity contribution >= 4 is 29.9 Å². The molecule has 1 saturated heterocycles. The molecule has 0 aromatic heterocycles. The van der Waals surface area contributed by atoms with Crippen molar-refractivity contribution in [1.82, 2.24) is 15.5 Å². The van der Waals surface area contributed by atoms with Gasteiger partial charge >= 0.3 is 0 Å². The summed E-state index contributed by atoms with van der Waals surface area (Å²) in [4.78, 5) is 7.32. The second kappa shape index (κ2) is 9.96. The number of aliphatic imine (C=N–C) groups is 1. The Morgan fingerprint density at radius 1 is 1.23 bits per heavy atom. The Morgan fingerprint density at radius 2 is 1.95 bits per heavy atom. The van der Waals surface area contributed by atoms with E-state index >= 15 is 0 Å². The molecule has 2 aliphatic rings. The zero-order valence-electron chi connectivity index (χ0n) is 14.7. The van der Waals surface area contributed by atoms with Gasteiger partial charge in [-0.3, -0.25) is 4.99 Å². The minimum Gasteiger partial charge on any atom is -0.357 e. The van der Waals surface area contributed by atoms with E-state index in [9.17, 15) is 0 Å². The molecule has 2 fully saturated rings. The predicted octanol–water partition coefficient (Wildman–Crippen LogP) is 3.08. The fraction of sp³-hybridized carbons (Fsp3) is 0.941. The van der Waals surface area contributed by atoms with E-state index in [0.29, 0.717) is 5.41 Å². The molecule has 0 bridgehead atoms. The number of rotatable bonds is 6. The highest BCUT2D eigenvalue weighted by Gasteiger charge is 2.31. The van der Waals surface area contributed by atoms with Gasteiger partial charge in [0.2, 0.25) is 0 Å². The van der Waals surface area contributed by atoms with Crippen LogP contribution in [0.2, 0.25) is 0 Å². The van der Waals surface area contributed by atoms with Gasteiger partial charge in [0.15, 0.2) is 5.96 Å². The molecule has 1 aliphatic heterocycles. The number of nitrogens with zero attached hydrogens (tertiary/aromatic N) is 2. The van der Waals surface area contributed by atoms with Crippen molar-refractivity contribution in [2.45, 2.75) is 52.4 Å². The van der Waals surface area contributed by atoms with E-state index in [-0.39, 0.29) is 24.0 Å². The Morgan fingerprint density at radius 3 is 2.50 bits per heavy atom. The number of hydrogen-bond acceptors (Lipinski definition) is 2. The number of halogens is 1. The van der Waals surface area contributed by atoms with Crippen LogP contribution in [-0.2, 0) is 0 Å². The molecular formula is C17H35IN4. The highest BCUT2D eigenvalue weighted by atomic mass is 127. The van der Waals surface area contributed by atoms with Gasteiger partial charge < -0.3 is 15.5 Å². The lowest BCUT2D eigenvalue weighted by atomic mass is 9.84. The summed E-state index contributed by atoms with van der Waals surface area (Å²) in [5, 5.41) is 6.97. The van der Waals surface area contributed by atoms with Crippen LogP contribution in [0.5, 0.6) is 0 Å². The number of likely N-dealkylation sites (tertiary alicyclic amines) is 1. The minimum absolute atomic E-state index is 0. The summed E-state index contributed by atoms with van der Waals surface area (Å²) < 4.78 is 0. The van der Waals surface area contributed by atoms with Crippen molar-refractivity contribution in [3.8, 4) is 0 Å². The van der Waals surface area contributed by atoms with Crippen LogP contribution in [0, 0.1) is 11.3 Å². The highest BCUT2D eigenvalue weighted by Crippen LogP contribution is 2.41. The second-order valence-electron chi connectivity index (χ2n) is 7.05. The van der Waals surface area contributed by atoms with Crippen molar-refractivity contribution < 1.29 is 0 Å². The molecule has 4 nitrogen and oxygen atoms in total. The Labute approximate surface area is 153 Å². The average Bonchev–Trinajstić information content (AvgIpc) is 3.12. The van der Waals surface area contributed by atoms with Gasteiger partial charge in [0, 0.05) is 26.2 Å². The summed E-state index contributed by atoms with van der Waals surface area (Å²) in [5.41, 5.74) is 0.482. The van der Waals surface area contributed by atoms with Crippen LogP contribution in [-0.4, -0.2) is 50.6 Å². The van der Waals surface area contributed by atoms with Crippen LogP contribution < -0.4 is 10.6 Å². The third-order valence-corrected chi connectivity index (χ3v) is 5.38. The smallest absolute Gasteiger partial charge is 0.191 e. The molecule has 2 rings (SSSR count). The topological polar surface area (TPSA) is 39.7 Å². The maximum Gasteiger partial charge on any atom is 0.191 e. The number of nitrogens with one attached hydrogen (secondary N) is 2. The Hall–Kier alpha value is -0.0400. The van der Waals surface area contributed by atoms with E-state index in [1.165, 1.54) is 51.6 Å². The van der Waals surface area contributed by atoms with Crippen LogP contribution in [0.25, 0.3) is 0 Å². The van der Waals surface area contributed by atoms with Crippen LogP contribution in [0.3, 0.4) is 0 Å². The van der Waals surface area contributed by atoms with E-state index < -0.39 is 0 Å². The quantitative estimate of drug-likeness (QED) is 0.393. The first-order valence-electron chi connectivity index (χ1n) is 8.88. The number of hydrogen-bond donors (Lipinski definition) is 2. The highest BCUT2D eigenvalue weighted by molar-refractivity contribution is 14.0. The molecule has 1 unspecified atom stereocenters. The molecule has 0 aromatic carbocycles. The Kier molecular flexibility index (Phi) is 9.05. The molecule has 1 heterocycles. The van der Waals surface area contributed by atoms with Crippen molar-refractivity contribution in [2.75, 3.05) is 39.8 Å². The van der Waals surface area contributed by atoms with Gasteiger partial charge in [-0.25, -0.2) is 0 Å². The maximum absolute atomic E-state index is 4.90. The zero-order chi connectivity index (χ0) is 15.1.